The molecule has 1 aliphatic heterocycles. The van der Waals surface area contributed by atoms with Crippen molar-refractivity contribution >= 4 is 28.5 Å². The third-order valence-electron chi connectivity index (χ3n) is 6.12. The summed E-state index contributed by atoms with van der Waals surface area (Å²) in [5.74, 6) is -1.95. The van der Waals surface area contributed by atoms with E-state index in [0.717, 1.165) is 6.07 Å². The minimum atomic E-state index is -1.18. The Balaban J connectivity index is 1.57. The van der Waals surface area contributed by atoms with Gasteiger partial charge in [-0.1, -0.05) is 11.8 Å². The van der Waals surface area contributed by atoms with Gasteiger partial charge in [0.15, 0.2) is 22.9 Å². The maximum atomic E-state index is 15.1. The number of methoxy groups -OCH3 is 1. The first-order valence-corrected chi connectivity index (χ1v) is 12.6. The number of amidine groups is 1. The fraction of sp³-hybridized carbons (Fsp3) is 0.385. The van der Waals surface area contributed by atoms with Crippen LogP contribution < -0.4 is 15.8 Å². The first-order valence-electron chi connectivity index (χ1n) is 11.8. The minimum Gasteiger partial charge on any atom is -0.479 e. The molecular weight excluding hydrogens is 516 g/mol. The standard InChI is InChI=1S/C26H29F2N5O4S/c1-14-8-17(37-15(2)23-30-6-7-36-23)11-31-21(14)22(34)32-16-9-18(20(28)19(27)10-16)26(4)12-25(3,13-35-5)38-24(29)33-26/h6-11,15H,12-13H2,1-5H3,(H2,29,33)(H,32,34)/t15-,25+,26-/m0/s1. The molecule has 3 aromatic rings. The highest BCUT2D eigenvalue weighted by atomic mass is 32.2. The van der Waals surface area contributed by atoms with Gasteiger partial charge in [-0.2, -0.15) is 0 Å². The maximum absolute atomic E-state index is 15.1. The molecule has 1 aliphatic rings. The molecule has 2 aromatic heterocycles. The highest BCUT2D eigenvalue weighted by Gasteiger charge is 2.44. The molecule has 0 saturated carbocycles. The lowest BCUT2D eigenvalue weighted by Crippen LogP contribution is -2.43. The van der Waals surface area contributed by atoms with Gasteiger partial charge in [-0.3, -0.25) is 9.79 Å². The van der Waals surface area contributed by atoms with Crippen LogP contribution >= 0.6 is 11.8 Å². The number of aryl methyl sites for hydroxylation is 1. The number of benzene rings is 1. The van der Waals surface area contributed by atoms with Gasteiger partial charge in [-0.15, -0.1) is 0 Å². The summed E-state index contributed by atoms with van der Waals surface area (Å²) in [4.78, 5) is 25.8. The Hall–Kier alpha value is -3.51. The molecule has 38 heavy (non-hydrogen) atoms. The van der Waals surface area contributed by atoms with Crippen molar-refractivity contribution in [2.75, 3.05) is 19.0 Å². The van der Waals surface area contributed by atoms with Crippen LogP contribution in [0.25, 0.3) is 0 Å². The molecule has 1 aromatic carbocycles. The number of rotatable bonds is 8. The van der Waals surface area contributed by atoms with Gasteiger partial charge < -0.3 is 24.9 Å². The van der Waals surface area contributed by atoms with Crippen LogP contribution in [0.2, 0.25) is 0 Å². The van der Waals surface area contributed by atoms with Crippen molar-refractivity contribution < 1.29 is 27.5 Å². The van der Waals surface area contributed by atoms with Gasteiger partial charge in [0.25, 0.3) is 5.91 Å². The Morgan fingerprint density at radius 3 is 2.71 bits per heavy atom. The number of thioether (sulfide) groups is 1. The molecule has 4 rings (SSSR count). The van der Waals surface area contributed by atoms with Crippen LogP contribution in [0.3, 0.4) is 0 Å². The molecule has 1 amide bonds. The lowest BCUT2D eigenvalue weighted by atomic mass is 9.83. The summed E-state index contributed by atoms with van der Waals surface area (Å²) in [5, 5.41) is 2.86. The van der Waals surface area contributed by atoms with E-state index in [9.17, 15) is 9.18 Å². The molecule has 3 atom stereocenters. The van der Waals surface area contributed by atoms with Gasteiger partial charge in [0.05, 0.1) is 24.5 Å². The summed E-state index contributed by atoms with van der Waals surface area (Å²) >= 11 is 1.33. The van der Waals surface area contributed by atoms with Crippen molar-refractivity contribution in [1.82, 2.24) is 9.97 Å². The highest BCUT2D eigenvalue weighted by molar-refractivity contribution is 8.15. The molecule has 0 saturated heterocycles. The highest BCUT2D eigenvalue weighted by Crippen LogP contribution is 2.46. The second-order valence-corrected chi connectivity index (χ2v) is 11.2. The van der Waals surface area contributed by atoms with E-state index >= 15 is 4.39 Å². The Bertz CT molecular complexity index is 1370. The number of oxazole rings is 1. The van der Waals surface area contributed by atoms with Gasteiger partial charge in [-0.25, -0.2) is 18.7 Å². The van der Waals surface area contributed by atoms with Crippen LogP contribution in [0.5, 0.6) is 5.75 Å². The average Bonchev–Trinajstić information content (AvgIpc) is 3.35. The third kappa shape index (κ3) is 5.81. The number of amides is 1. The SMILES string of the molecule is COC[C@@]1(C)C[C@@](C)(c2cc(NC(=O)c3ncc(O[C@@H](C)c4ncco4)cc3C)cc(F)c2F)N=C(N)S1. The predicted octanol–water partition coefficient (Wildman–Crippen LogP) is 5.12. The molecule has 0 fully saturated rings. The first-order chi connectivity index (χ1) is 17.9. The molecule has 0 unspecified atom stereocenters. The Kier molecular flexibility index (Phi) is 7.75. The first kappa shape index (κ1) is 27.5. The van der Waals surface area contributed by atoms with Gasteiger partial charge in [-0.05, 0) is 51.8 Å². The van der Waals surface area contributed by atoms with E-state index in [1.165, 1.54) is 36.5 Å². The van der Waals surface area contributed by atoms with Gasteiger partial charge >= 0.3 is 0 Å². The zero-order valence-corrected chi connectivity index (χ0v) is 22.5. The number of carbonyl (C=O) groups is 1. The van der Waals surface area contributed by atoms with Crippen molar-refractivity contribution in [3.05, 3.63) is 71.2 Å². The number of nitrogens with one attached hydrogen (secondary N) is 1. The van der Waals surface area contributed by atoms with Crippen LogP contribution in [0.1, 0.15) is 60.8 Å². The summed E-state index contributed by atoms with van der Waals surface area (Å²) in [6.07, 6.45) is 4.23. The van der Waals surface area contributed by atoms with Crippen molar-refractivity contribution in [3.8, 4) is 5.75 Å². The predicted molar refractivity (Wildman–Crippen MR) is 140 cm³/mol. The lowest BCUT2D eigenvalue weighted by Gasteiger charge is -2.41. The van der Waals surface area contributed by atoms with Crippen molar-refractivity contribution in [2.45, 2.75) is 50.5 Å². The minimum absolute atomic E-state index is 0.0210. The fourth-order valence-electron chi connectivity index (χ4n) is 4.65. The molecule has 9 nitrogen and oxygen atoms in total. The number of aromatic nitrogens is 2. The number of hydrogen-bond acceptors (Lipinski definition) is 9. The second kappa shape index (κ2) is 10.7. The van der Waals surface area contributed by atoms with Gasteiger partial charge in [0.2, 0.25) is 5.89 Å². The zero-order chi connectivity index (χ0) is 27.7. The number of ether oxygens (including phenoxy) is 2. The summed E-state index contributed by atoms with van der Waals surface area (Å²) in [7, 11) is 1.56. The number of hydrogen-bond donors (Lipinski definition) is 2. The monoisotopic (exact) mass is 545 g/mol. The van der Waals surface area contributed by atoms with Gasteiger partial charge in [0, 0.05) is 29.2 Å². The quantitative estimate of drug-likeness (QED) is 0.400. The second-order valence-electron chi connectivity index (χ2n) is 9.63. The van der Waals surface area contributed by atoms with E-state index in [1.807, 2.05) is 6.92 Å². The molecule has 202 valence electrons. The molecule has 0 aliphatic carbocycles. The topological polar surface area (TPSA) is 125 Å². The molecule has 12 heteroatoms. The number of nitrogens with two attached hydrogens (primary N) is 1. The van der Waals surface area contributed by atoms with Crippen molar-refractivity contribution in [3.63, 3.8) is 0 Å². The Morgan fingerprint density at radius 2 is 2.05 bits per heavy atom. The van der Waals surface area contributed by atoms with Crippen LogP contribution in [-0.2, 0) is 10.3 Å². The molecule has 3 N–H and O–H groups in total. The molecule has 0 radical (unpaired) electrons. The Labute approximate surface area is 223 Å². The van der Waals surface area contributed by atoms with E-state index in [1.54, 1.807) is 33.9 Å². The van der Waals surface area contributed by atoms with E-state index in [-0.39, 0.29) is 22.1 Å². The van der Waals surface area contributed by atoms with E-state index in [4.69, 9.17) is 19.6 Å². The Morgan fingerprint density at radius 1 is 1.29 bits per heavy atom. The number of pyridine rings is 1. The average molecular weight is 546 g/mol. The zero-order valence-electron chi connectivity index (χ0n) is 21.7. The largest absolute Gasteiger partial charge is 0.479 e. The van der Waals surface area contributed by atoms with Gasteiger partial charge in [0.1, 0.15) is 17.7 Å². The lowest BCUT2D eigenvalue weighted by molar-refractivity contribution is 0.102. The number of halogens is 2. The summed E-state index contributed by atoms with van der Waals surface area (Å²) in [5.41, 5.74) is 5.55. The van der Waals surface area contributed by atoms with E-state index in [2.05, 4.69) is 20.3 Å². The summed E-state index contributed by atoms with van der Waals surface area (Å²) in [6, 6.07) is 3.94. The van der Waals surface area contributed by atoms with Crippen molar-refractivity contribution in [1.29, 1.82) is 0 Å². The molecule has 3 heterocycles. The fourth-order valence-corrected chi connectivity index (χ4v) is 5.93. The van der Waals surface area contributed by atoms with Crippen LogP contribution in [0.4, 0.5) is 14.5 Å². The van der Waals surface area contributed by atoms with Crippen LogP contribution in [0, 0.1) is 18.6 Å². The smallest absolute Gasteiger partial charge is 0.274 e. The molecule has 0 spiro atoms. The van der Waals surface area contributed by atoms with Crippen molar-refractivity contribution in [2.24, 2.45) is 10.7 Å². The summed E-state index contributed by atoms with van der Waals surface area (Å²) in [6.45, 7) is 7.40. The number of nitrogens with zero attached hydrogens (tertiary/aromatic N) is 3. The maximum Gasteiger partial charge on any atom is 0.274 e. The number of carbonyl (C=O) groups excluding carboxylic acids is 1. The number of anilines is 1. The van der Waals surface area contributed by atoms with E-state index in [0.29, 0.717) is 30.2 Å². The molecular formula is C26H29F2N5O4S. The molecule has 0 bridgehead atoms. The third-order valence-corrected chi connectivity index (χ3v) is 7.18. The normalized spacial score (nSPS) is 22.0. The van der Waals surface area contributed by atoms with Crippen LogP contribution in [-0.4, -0.2) is 39.5 Å². The number of aliphatic imine (C=N–C) groups is 1. The summed E-state index contributed by atoms with van der Waals surface area (Å²) < 4.78 is 45.7. The van der Waals surface area contributed by atoms with Crippen LogP contribution in [0.15, 0.2) is 46.3 Å². The van der Waals surface area contributed by atoms with E-state index < -0.39 is 33.9 Å².